The van der Waals surface area contributed by atoms with E-state index in [0.29, 0.717) is 5.69 Å². The fourth-order valence-corrected chi connectivity index (χ4v) is 2.41. The summed E-state index contributed by atoms with van der Waals surface area (Å²) in [7, 11) is 0. The van der Waals surface area contributed by atoms with E-state index < -0.39 is 11.8 Å². The number of hydrogen-bond acceptors (Lipinski definition) is 4. The van der Waals surface area contributed by atoms with Crippen molar-refractivity contribution in [2.45, 2.75) is 46.3 Å². The van der Waals surface area contributed by atoms with Gasteiger partial charge in [-0.2, -0.15) is 0 Å². The van der Waals surface area contributed by atoms with Gasteiger partial charge in [0.15, 0.2) is 5.69 Å². The Kier molecular flexibility index (Phi) is 6.79. The second-order valence-corrected chi connectivity index (χ2v) is 6.94. The van der Waals surface area contributed by atoms with Crippen LogP contribution in [0.3, 0.4) is 0 Å². The molecule has 0 saturated heterocycles. The van der Waals surface area contributed by atoms with Gasteiger partial charge in [-0.25, -0.2) is 14.2 Å². The monoisotopic (exact) mass is 396 g/mol. The molecule has 2 rings (SSSR count). The van der Waals surface area contributed by atoms with Crippen molar-refractivity contribution < 1.29 is 18.4 Å². The topological polar surface area (TPSA) is 87.5 Å². The quantitative estimate of drug-likeness (QED) is 0.771. The van der Waals surface area contributed by atoms with Gasteiger partial charge in [0.05, 0.1) is 11.6 Å². The highest BCUT2D eigenvalue weighted by Crippen LogP contribution is 2.20. The number of rotatable bonds is 6. The van der Waals surface area contributed by atoms with Crippen molar-refractivity contribution in [2.75, 3.05) is 5.32 Å². The molecule has 1 aromatic carbocycles. The van der Waals surface area contributed by atoms with E-state index in [-0.39, 0.29) is 41.1 Å². The molecular weight excluding hydrogens is 375 g/mol. The van der Waals surface area contributed by atoms with Crippen molar-refractivity contribution >= 4 is 29.2 Å². The lowest BCUT2D eigenvalue weighted by Gasteiger charge is -2.25. The van der Waals surface area contributed by atoms with Crippen LogP contribution in [0.25, 0.3) is 0 Å². The first-order chi connectivity index (χ1) is 12.7. The molecular formula is C18H22ClFN4O3. The number of nitrogens with one attached hydrogen (secondary N) is 2. The minimum atomic E-state index is -0.567. The van der Waals surface area contributed by atoms with Crippen LogP contribution < -0.4 is 10.6 Å². The summed E-state index contributed by atoms with van der Waals surface area (Å²) in [5, 5.41) is 5.28. The SMILES string of the molecule is CC(C)NC(=O)c1coc(CN(C(=O)Nc2ccc(F)c(Cl)c2)C(C)C)n1. The van der Waals surface area contributed by atoms with Crippen LogP contribution in [0.2, 0.25) is 5.02 Å². The van der Waals surface area contributed by atoms with Crippen molar-refractivity contribution in [1.29, 1.82) is 0 Å². The molecule has 146 valence electrons. The van der Waals surface area contributed by atoms with E-state index in [1.165, 1.54) is 29.4 Å². The first-order valence-electron chi connectivity index (χ1n) is 8.45. The Bertz CT molecular complexity index is 823. The molecule has 0 aliphatic carbocycles. The van der Waals surface area contributed by atoms with Gasteiger partial charge in [0, 0.05) is 17.8 Å². The minimum Gasteiger partial charge on any atom is -0.446 e. The van der Waals surface area contributed by atoms with Gasteiger partial charge in [0.2, 0.25) is 5.89 Å². The number of amides is 3. The zero-order chi connectivity index (χ0) is 20.1. The van der Waals surface area contributed by atoms with Gasteiger partial charge in [-0.05, 0) is 45.9 Å². The summed E-state index contributed by atoms with van der Waals surface area (Å²) >= 11 is 5.73. The molecule has 27 heavy (non-hydrogen) atoms. The van der Waals surface area contributed by atoms with Crippen LogP contribution in [0.1, 0.15) is 44.1 Å². The smallest absolute Gasteiger partial charge is 0.322 e. The molecule has 0 aliphatic heterocycles. The number of carbonyl (C=O) groups excluding carboxylic acids is 2. The summed E-state index contributed by atoms with van der Waals surface area (Å²) in [6, 6.07) is 3.27. The zero-order valence-electron chi connectivity index (χ0n) is 15.5. The van der Waals surface area contributed by atoms with E-state index in [9.17, 15) is 14.0 Å². The molecule has 0 atom stereocenters. The summed E-state index contributed by atoms with van der Waals surface area (Å²) in [5.74, 6) is -0.686. The number of urea groups is 1. The molecule has 1 aromatic heterocycles. The molecule has 0 bridgehead atoms. The van der Waals surface area contributed by atoms with Crippen molar-refractivity contribution in [3.63, 3.8) is 0 Å². The van der Waals surface area contributed by atoms with E-state index in [2.05, 4.69) is 15.6 Å². The van der Waals surface area contributed by atoms with Gasteiger partial charge in [-0.15, -0.1) is 0 Å². The first-order valence-corrected chi connectivity index (χ1v) is 8.83. The minimum absolute atomic E-state index is 0.0295. The number of oxazole rings is 1. The average molecular weight is 397 g/mol. The predicted molar refractivity (Wildman–Crippen MR) is 100 cm³/mol. The number of hydrogen-bond donors (Lipinski definition) is 2. The zero-order valence-corrected chi connectivity index (χ0v) is 16.3. The van der Waals surface area contributed by atoms with Crippen molar-refractivity contribution in [3.05, 3.63) is 46.9 Å². The number of aromatic nitrogens is 1. The molecule has 2 N–H and O–H groups in total. The highest BCUT2D eigenvalue weighted by molar-refractivity contribution is 6.31. The number of nitrogens with zero attached hydrogens (tertiary/aromatic N) is 2. The van der Waals surface area contributed by atoms with E-state index in [4.69, 9.17) is 16.0 Å². The maximum absolute atomic E-state index is 13.2. The summed E-state index contributed by atoms with van der Waals surface area (Å²) in [4.78, 5) is 30.1. The Balaban J connectivity index is 2.08. The lowest BCUT2D eigenvalue weighted by molar-refractivity contribution is 0.0938. The lowest BCUT2D eigenvalue weighted by atomic mass is 10.3. The van der Waals surface area contributed by atoms with Gasteiger partial charge < -0.3 is 20.0 Å². The molecule has 0 radical (unpaired) electrons. The van der Waals surface area contributed by atoms with Crippen molar-refractivity contribution in [1.82, 2.24) is 15.2 Å². The molecule has 2 aromatic rings. The fraction of sp³-hybridized carbons (Fsp3) is 0.389. The third-order valence-electron chi connectivity index (χ3n) is 3.56. The number of anilines is 1. The molecule has 0 aliphatic rings. The van der Waals surface area contributed by atoms with Crippen LogP contribution >= 0.6 is 11.6 Å². The Hall–Kier alpha value is -2.61. The second kappa shape index (κ2) is 8.85. The molecule has 9 heteroatoms. The van der Waals surface area contributed by atoms with Gasteiger partial charge in [0.25, 0.3) is 5.91 Å². The van der Waals surface area contributed by atoms with Gasteiger partial charge in [-0.3, -0.25) is 4.79 Å². The first kappa shape index (κ1) is 20.7. The summed E-state index contributed by atoms with van der Waals surface area (Å²) < 4.78 is 18.6. The van der Waals surface area contributed by atoms with Crippen LogP contribution in [0, 0.1) is 5.82 Å². The van der Waals surface area contributed by atoms with Crippen LogP contribution in [-0.2, 0) is 6.54 Å². The molecule has 3 amide bonds. The van der Waals surface area contributed by atoms with Crippen LogP contribution in [0.5, 0.6) is 0 Å². The van der Waals surface area contributed by atoms with Crippen molar-refractivity contribution in [2.24, 2.45) is 0 Å². The van der Waals surface area contributed by atoms with E-state index >= 15 is 0 Å². The van der Waals surface area contributed by atoms with Gasteiger partial charge in [-0.1, -0.05) is 11.6 Å². The van der Waals surface area contributed by atoms with E-state index in [0.717, 1.165) is 0 Å². The van der Waals surface area contributed by atoms with Crippen molar-refractivity contribution in [3.8, 4) is 0 Å². The third-order valence-corrected chi connectivity index (χ3v) is 3.85. The molecule has 0 saturated carbocycles. The average Bonchev–Trinajstić information content (AvgIpc) is 3.04. The number of carbonyl (C=O) groups is 2. The largest absolute Gasteiger partial charge is 0.446 e. The second-order valence-electron chi connectivity index (χ2n) is 6.54. The molecule has 0 spiro atoms. The standard InChI is InChI=1S/C18H22ClFN4O3/c1-10(2)21-17(25)15-9-27-16(23-15)8-24(11(3)4)18(26)22-12-5-6-14(20)13(19)7-12/h5-7,9-11H,8H2,1-4H3,(H,21,25)(H,22,26). The Morgan fingerprint density at radius 3 is 2.59 bits per heavy atom. The van der Waals surface area contributed by atoms with Crippen LogP contribution in [0.4, 0.5) is 14.9 Å². The molecule has 0 fully saturated rings. The third kappa shape index (κ3) is 5.68. The summed E-state index contributed by atoms with van der Waals surface area (Å²) in [6.07, 6.45) is 1.25. The highest BCUT2D eigenvalue weighted by Gasteiger charge is 2.21. The Morgan fingerprint density at radius 2 is 2.00 bits per heavy atom. The fourth-order valence-electron chi connectivity index (χ4n) is 2.23. The maximum Gasteiger partial charge on any atom is 0.322 e. The molecule has 0 unspecified atom stereocenters. The molecule has 1 heterocycles. The molecule has 7 nitrogen and oxygen atoms in total. The van der Waals surface area contributed by atoms with Crippen LogP contribution in [0.15, 0.2) is 28.9 Å². The van der Waals surface area contributed by atoms with E-state index in [1.807, 2.05) is 27.7 Å². The lowest BCUT2D eigenvalue weighted by Crippen LogP contribution is -2.39. The normalized spacial score (nSPS) is 11.0. The number of halogens is 2. The van der Waals surface area contributed by atoms with Gasteiger partial charge >= 0.3 is 6.03 Å². The van der Waals surface area contributed by atoms with Crippen LogP contribution in [-0.4, -0.2) is 33.9 Å². The van der Waals surface area contributed by atoms with Gasteiger partial charge in [0.1, 0.15) is 12.1 Å². The Morgan fingerprint density at radius 1 is 1.30 bits per heavy atom. The Labute approximate surface area is 161 Å². The summed E-state index contributed by atoms with van der Waals surface area (Å²) in [5.41, 5.74) is 0.509. The van der Waals surface area contributed by atoms with E-state index in [1.54, 1.807) is 0 Å². The number of benzene rings is 1. The highest BCUT2D eigenvalue weighted by atomic mass is 35.5. The predicted octanol–water partition coefficient (Wildman–Crippen LogP) is 4.05. The summed E-state index contributed by atoms with van der Waals surface area (Å²) in [6.45, 7) is 7.39. The maximum atomic E-state index is 13.2.